The molecule has 1 amide bonds. The van der Waals surface area contributed by atoms with Crippen LogP contribution in [0.25, 0.3) is 0 Å². The Kier molecular flexibility index (Phi) is 5.32. The van der Waals surface area contributed by atoms with Crippen LogP contribution in [0.5, 0.6) is 11.5 Å². The van der Waals surface area contributed by atoms with Gasteiger partial charge in [0, 0.05) is 51.3 Å². The average molecular weight is 396 g/mol. The number of carbonyl (C=O) groups is 1. The number of hydrogen-bond donors (Lipinski definition) is 1. The predicted octanol–water partition coefficient (Wildman–Crippen LogP) is 2.66. The number of rotatable bonds is 5. The van der Waals surface area contributed by atoms with Crippen molar-refractivity contribution >= 4 is 11.7 Å². The molecule has 1 saturated heterocycles. The van der Waals surface area contributed by atoms with Gasteiger partial charge in [0.2, 0.25) is 0 Å². The molecule has 3 heterocycles. The largest absolute Gasteiger partial charge is 0.497 e. The van der Waals surface area contributed by atoms with Gasteiger partial charge in [-0.1, -0.05) is 0 Å². The van der Waals surface area contributed by atoms with Gasteiger partial charge in [0.25, 0.3) is 5.91 Å². The summed E-state index contributed by atoms with van der Waals surface area (Å²) in [6.07, 6.45) is 3.46. The molecule has 1 aromatic carbocycles. The number of hydrogen-bond acceptors (Lipinski definition) is 6. The third-order valence-electron chi connectivity index (χ3n) is 5.97. The van der Waals surface area contributed by atoms with Gasteiger partial charge >= 0.3 is 0 Å². The normalized spacial score (nSPS) is 18.3. The fourth-order valence-corrected chi connectivity index (χ4v) is 4.48. The predicted molar refractivity (Wildman–Crippen MR) is 112 cm³/mol. The molecule has 1 spiro atoms. The highest BCUT2D eigenvalue weighted by atomic mass is 16.5. The zero-order chi connectivity index (χ0) is 20.4. The third kappa shape index (κ3) is 3.62. The summed E-state index contributed by atoms with van der Waals surface area (Å²) < 4.78 is 10.8. The standard InChI is InChI=1S/C22H28N4O3/c1-4-26-20-19(6-5-9-23-20)21(27)24-22(26)7-10-25(11-8-22)15-16-12-17(28-2)14-18(13-16)29-3/h5-6,9,12-14H,4,7-8,10-11,15H2,1-3H3,(H,24,27). The second-order valence-corrected chi connectivity index (χ2v) is 7.60. The molecule has 0 atom stereocenters. The molecule has 7 nitrogen and oxygen atoms in total. The third-order valence-corrected chi connectivity index (χ3v) is 5.97. The van der Waals surface area contributed by atoms with Crippen molar-refractivity contribution in [1.82, 2.24) is 15.2 Å². The molecule has 1 aromatic heterocycles. The number of pyridine rings is 1. The van der Waals surface area contributed by atoms with Crippen molar-refractivity contribution in [3.8, 4) is 11.5 Å². The number of aromatic nitrogens is 1. The second kappa shape index (κ2) is 7.91. The summed E-state index contributed by atoms with van der Waals surface area (Å²) in [6.45, 7) is 5.51. The van der Waals surface area contributed by atoms with Gasteiger partial charge in [0.15, 0.2) is 0 Å². The first-order valence-corrected chi connectivity index (χ1v) is 10.1. The molecule has 29 heavy (non-hydrogen) atoms. The number of benzene rings is 1. The molecule has 1 fully saturated rings. The molecule has 0 aliphatic carbocycles. The Morgan fingerprint density at radius 1 is 1.14 bits per heavy atom. The number of piperidine rings is 1. The highest BCUT2D eigenvalue weighted by Gasteiger charge is 2.45. The minimum atomic E-state index is -0.365. The van der Waals surface area contributed by atoms with Crippen LogP contribution in [0.15, 0.2) is 36.5 Å². The highest BCUT2D eigenvalue weighted by molar-refractivity contribution is 6.01. The van der Waals surface area contributed by atoms with Crippen molar-refractivity contribution in [2.45, 2.75) is 32.0 Å². The summed E-state index contributed by atoms with van der Waals surface area (Å²) in [7, 11) is 3.33. The molecule has 0 unspecified atom stereocenters. The Hall–Kier alpha value is -2.80. The summed E-state index contributed by atoms with van der Waals surface area (Å²) in [4.78, 5) is 21.9. The van der Waals surface area contributed by atoms with Crippen LogP contribution in [-0.2, 0) is 6.54 Å². The molecule has 0 bridgehead atoms. The van der Waals surface area contributed by atoms with E-state index in [4.69, 9.17) is 9.47 Å². The van der Waals surface area contributed by atoms with E-state index in [9.17, 15) is 4.79 Å². The maximum atomic E-state index is 12.7. The lowest BCUT2D eigenvalue weighted by Gasteiger charge is -2.52. The summed E-state index contributed by atoms with van der Waals surface area (Å²) in [5.74, 6) is 2.37. The first-order chi connectivity index (χ1) is 14.1. The van der Waals surface area contributed by atoms with E-state index in [0.717, 1.165) is 61.9 Å². The number of methoxy groups -OCH3 is 2. The van der Waals surface area contributed by atoms with Crippen LogP contribution in [-0.4, -0.2) is 55.3 Å². The molecule has 2 aromatic rings. The summed E-state index contributed by atoms with van der Waals surface area (Å²) in [5, 5.41) is 3.29. The first-order valence-electron chi connectivity index (χ1n) is 10.1. The number of carbonyl (C=O) groups excluding carboxylic acids is 1. The summed E-state index contributed by atoms with van der Waals surface area (Å²) >= 11 is 0. The van der Waals surface area contributed by atoms with E-state index in [1.54, 1.807) is 20.4 Å². The Morgan fingerprint density at radius 3 is 2.45 bits per heavy atom. The first kappa shape index (κ1) is 19.5. The quantitative estimate of drug-likeness (QED) is 0.838. The fourth-order valence-electron chi connectivity index (χ4n) is 4.48. The van der Waals surface area contributed by atoms with E-state index in [2.05, 4.69) is 27.0 Å². The van der Waals surface area contributed by atoms with E-state index in [1.165, 1.54) is 0 Å². The van der Waals surface area contributed by atoms with Crippen molar-refractivity contribution in [3.05, 3.63) is 47.7 Å². The summed E-state index contributed by atoms with van der Waals surface area (Å²) in [6, 6.07) is 9.64. The van der Waals surface area contributed by atoms with E-state index in [-0.39, 0.29) is 11.6 Å². The molecule has 7 heteroatoms. The SMILES string of the molecule is CCN1c2ncccc2C(=O)NC12CCN(Cc1cc(OC)cc(OC)c1)CC2. The molecule has 4 rings (SSSR count). The van der Waals surface area contributed by atoms with Crippen LogP contribution < -0.4 is 19.7 Å². The lowest BCUT2D eigenvalue weighted by Crippen LogP contribution is -2.67. The monoisotopic (exact) mass is 396 g/mol. The zero-order valence-electron chi connectivity index (χ0n) is 17.3. The molecular weight excluding hydrogens is 368 g/mol. The highest BCUT2D eigenvalue weighted by Crippen LogP contribution is 2.36. The summed E-state index contributed by atoms with van der Waals surface area (Å²) in [5.41, 5.74) is 1.45. The van der Waals surface area contributed by atoms with Gasteiger partial charge in [-0.2, -0.15) is 0 Å². The van der Waals surface area contributed by atoms with Crippen LogP contribution in [0.1, 0.15) is 35.7 Å². The zero-order valence-corrected chi connectivity index (χ0v) is 17.3. The van der Waals surface area contributed by atoms with Gasteiger partial charge in [0.05, 0.1) is 19.8 Å². The number of nitrogens with one attached hydrogen (secondary N) is 1. The van der Waals surface area contributed by atoms with Crippen molar-refractivity contribution in [1.29, 1.82) is 0 Å². The number of ether oxygens (including phenoxy) is 2. The van der Waals surface area contributed by atoms with Gasteiger partial charge in [-0.05, 0) is 36.8 Å². The molecular formula is C22H28N4O3. The van der Waals surface area contributed by atoms with E-state index in [1.807, 2.05) is 30.3 Å². The smallest absolute Gasteiger partial charge is 0.256 e. The minimum absolute atomic E-state index is 0.0243. The lowest BCUT2D eigenvalue weighted by atomic mass is 9.91. The van der Waals surface area contributed by atoms with Crippen molar-refractivity contribution in [2.75, 3.05) is 38.8 Å². The second-order valence-electron chi connectivity index (χ2n) is 7.60. The Balaban J connectivity index is 1.50. The van der Waals surface area contributed by atoms with Crippen LogP contribution >= 0.6 is 0 Å². The molecule has 154 valence electrons. The van der Waals surface area contributed by atoms with Crippen LogP contribution in [0.3, 0.4) is 0 Å². The van der Waals surface area contributed by atoms with E-state index >= 15 is 0 Å². The Morgan fingerprint density at radius 2 is 1.83 bits per heavy atom. The van der Waals surface area contributed by atoms with Crippen molar-refractivity contribution in [2.24, 2.45) is 0 Å². The van der Waals surface area contributed by atoms with Crippen LogP contribution in [0.2, 0.25) is 0 Å². The topological polar surface area (TPSA) is 66.9 Å². The molecule has 1 N–H and O–H groups in total. The number of nitrogens with zero attached hydrogens (tertiary/aromatic N) is 3. The lowest BCUT2D eigenvalue weighted by molar-refractivity contribution is 0.0761. The van der Waals surface area contributed by atoms with Gasteiger partial charge in [-0.25, -0.2) is 4.98 Å². The molecule has 2 aliphatic heterocycles. The average Bonchev–Trinajstić information content (AvgIpc) is 2.75. The van der Waals surface area contributed by atoms with Gasteiger partial charge in [-0.15, -0.1) is 0 Å². The maximum Gasteiger partial charge on any atom is 0.256 e. The minimum Gasteiger partial charge on any atom is -0.497 e. The van der Waals surface area contributed by atoms with Gasteiger partial charge in [0.1, 0.15) is 23.0 Å². The Bertz CT molecular complexity index is 871. The van der Waals surface area contributed by atoms with E-state index < -0.39 is 0 Å². The van der Waals surface area contributed by atoms with Gasteiger partial charge < -0.3 is 19.7 Å². The van der Waals surface area contributed by atoms with E-state index in [0.29, 0.717) is 5.56 Å². The van der Waals surface area contributed by atoms with Crippen molar-refractivity contribution in [3.63, 3.8) is 0 Å². The number of likely N-dealkylation sites (tertiary alicyclic amines) is 1. The van der Waals surface area contributed by atoms with Crippen LogP contribution in [0, 0.1) is 0 Å². The molecule has 0 radical (unpaired) electrons. The van der Waals surface area contributed by atoms with Crippen LogP contribution in [0.4, 0.5) is 5.82 Å². The number of amides is 1. The van der Waals surface area contributed by atoms with Gasteiger partial charge in [-0.3, -0.25) is 9.69 Å². The van der Waals surface area contributed by atoms with Crippen molar-refractivity contribution < 1.29 is 14.3 Å². The Labute approximate surface area is 171 Å². The number of anilines is 1. The molecule has 0 saturated carbocycles. The number of fused-ring (bicyclic) bond motifs is 1. The fraction of sp³-hybridized carbons (Fsp3) is 0.455. The maximum absolute atomic E-state index is 12.7. The molecule has 2 aliphatic rings.